The average Bonchev–Trinajstić information content (AvgIpc) is 2.83. The minimum Gasteiger partial charge on any atom is -0.352 e. The number of carbonyl (C=O) groups is 1. The molecule has 1 amide bonds. The van der Waals surface area contributed by atoms with E-state index in [1.54, 1.807) is 0 Å². The zero-order chi connectivity index (χ0) is 12.8. The number of likely N-dealkylation sites (N-methyl/N-ethyl adjacent to an activating group) is 1. The summed E-state index contributed by atoms with van der Waals surface area (Å²) in [6.07, 6.45) is 3.15. The van der Waals surface area contributed by atoms with E-state index in [0.29, 0.717) is 12.1 Å². The number of carbonyl (C=O) groups excluding carboxylic acids is 1. The molecule has 0 radical (unpaired) electrons. The van der Waals surface area contributed by atoms with Gasteiger partial charge in [0, 0.05) is 25.2 Å². The lowest BCUT2D eigenvalue weighted by molar-refractivity contribution is -0.126. The predicted octanol–water partition coefficient (Wildman–Crippen LogP) is 0.973. The summed E-state index contributed by atoms with van der Waals surface area (Å²) in [5, 5.41) is 6.40. The van der Waals surface area contributed by atoms with E-state index in [2.05, 4.69) is 29.4 Å². The highest BCUT2D eigenvalue weighted by atomic mass is 16.2. The van der Waals surface area contributed by atoms with Crippen molar-refractivity contribution >= 4 is 5.91 Å². The van der Waals surface area contributed by atoms with Crippen molar-refractivity contribution in [2.24, 2.45) is 0 Å². The van der Waals surface area contributed by atoms with E-state index in [-0.39, 0.29) is 11.9 Å². The van der Waals surface area contributed by atoms with Crippen LogP contribution in [0.1, 0.15) is 40.0 Å². The van der Waals surface area contributed by atoms with Gasteiger partial charge < -0.3 is 10.6 Å². The van der Waals surface area contributed by atoms with Crippen LogP contribution in [0.25, 0.3) is 0 Å². The fraction of sp³-hybridized carbons (Fsp3) is 0.923. The molecule has 4 heteroatoms. The standard InChI is InChI=1S/C13H27N3O/c1-5-11(6-2)15-13(17)10(3)16-8-7-12(9-16)14-4/h10-12,14H,5-9H2,1-4H3,(H,15,17). The third-order valence-corrected chi connectivity index (χ3v) is 3.89. The van der Waals surface area contributed by atoms with Gasteiger partial charge in [-0.15, -0.1) is 0 Å². The van der Waals surface area contributed by atoms with Crippen LogP contribution in [-0.4, -0.2) is 49.1 Å². The summed E-state index contributed by atoms with van der Waals surface area (Å²) in [5.74, 6) is 0.176. The first-order valence-electron chi connectivity index (χ1n) is 6.84. The Labute approximate surface area is 105 Å². The van der Waals surface area contributed by atoms with Crippen molar-refractivity contribution in [3.8, 4) is 0 Å². The lowest BCUT2D eigenvalue weighted by atomic mass is 10.1. The van der Waals surface area contributed by atoms with E-state index in [0.717, 1.165) is 32.4 Å². The molecule has 0 aromatic heterocycles. The SMILES string of the molecule is CCC(CC)NC(=O)C(C)N1CCC(NC)C1. The van der Waals surface area contributed by atoms with E-state index in [9.17, 15) is 4.79 Å². The molecule has 100 valence electrons. The molecule has 0 aliphatic carbocycles. The van der Waals surface area contributed by atoms with Crippen LogP contribution < -0.4 is 10.6 Å². The molecular formula is C13H27N3O. The normalized spacial score (nSPS) is 23.0. The largest absolute Gasteiger partial charge is 0.352 e. The molecule has 1 fully saturated rings. The summed E-state index contributed by atoms with van der Waals surface area (Å²) in [6, 6.07) is 0.861. The van der Waals surface area contributed by atoms with Crippen molar-refractivity contribution in [3.05, 3.63) is 0 Å². The van der Waals surface area contributed by atoms with E-state index < -0.39 is 0 Å². The minimum absolute atomic E-state index is 0.00560. The molecule has 0 aromatic rings. The maximum Gasteiger partial charge on any atom is 0.237 e. The van der Waals surface area contributed by atoms with Crippen LogP contribution in [-0.2, 0) is 4.79 Å². The van der Waals surface area contributed by atoms with Crippen LogP contribution in [0.3, 0.4) is 0 Å². The summed E-state index contributed by atoms with van der Waals surface area (Å²) < 4.78 is 0. The quantitative estimate of drug-likeness (QED) is 0.728. The number of nitrogens with one attached hydrogen (secondary N) is 2. The van der Waals surface area contributed by atoms with Gasteiger partial charge in [-0.05, 0) is 33.2 Å². The third kappa shape index (κ3) is 3.96. The fourth-order valence-corrected chi connectivity index (χ4v) is 2.36. The van der Waals surface area contributed by atoms with Crippen LogP contribution in [0.2, 0.25) is 0 Å². The topological polar surface area (TPSA) is 44.4 Å². The van der Waals surface area contributed by atoms with E-state index >= 15 is 0 Å². The Balaban J connectivity index is 2.41. The first kappa shape index (κ1) is 14.5. The average molecular weight is 241 g/mol. The van der Waals surface area contributed by atoms with Gasteiger partial charge in [0.1, 0.15) is 0 Å². The van der Waals surface area contributed by atoms with Gasteiger partial charge in [-0.3, -0.25) is 9.69 Å². The van der Waals surface area contributed by atoms with Gasteiger partial charge in [0.25, 0.3) is 0 Å². The predicted molar refractivity (Wildman–Crippen MR) is 71.0 cm³/mol. The van der Waals surface area contributed by atoms with Crippen LogP contribution in [0, 0.1) is 0 Å². The molecule has 0 aromatic carbocycles. The summed E-state index contributed by atoms with van der Waals surface area (Å²) in [5.41, 5.74) is 0. The summed E-state index contributed by atoms with van der Waals surface area (Å²) in [6.45, 7) is 8.24. The van der Waals surface area contributed by atoms with Crippen molar-refractivity contribution in [2.45, 2.75) is 58.2 Å². The highest BCUT2D eigenvalue weighted by Crippen LogP contribution is 2.12. The molecule has 1 aliphatic rings. The third-order valence-electron chi connectivity index (χ3n) is 3.89. The molecule has 0 bridgehead atoms. The van der Waals surface area contributed by atoms with Crippen molar-refractivity contribution in [1.82, 2.24) is 15.5 Å². The van der Waals surface area contributed by atoms with E-state index in [1.807, 2.05) is 14.0 Å². The minimum atomic E-state index is -0.00560. The van der Waals surface area contributed by atoms with Gasteiger partial charge in [-0.1, -0.05) is 13.8 Å². The molecule has 2 unspecified atom stereocenters. The first-order valence-corrected chi connectivity index (χ1v) is 6.84. The summed E-state index contributed by atoms with van der Waals surface area (Å²) in [4.78, 5) is 14.3. The number of likely N-dealkylation sites (tertiary alicyclic amines) is 1. The van der Waals surface area contributed by atoms with Gasteiger partial charge in [-0.25, -0.2) is 0 Å². The smallest absolute Gasteiger partial charge is 0.237 e. The van der Waals surface area contributed by atoms with Gasteiger partial charge in [0.15, 0.2) is 0 Å². The molecule has 1 saturated heterocycles. The molecule has 2 atom stereocenters. The van der Waals surface area contributed by atoms with Crippen LogP contribution in [0.4, 0.5) is 0 Å². The number of hydrogen-bond acceptors (Lipinski definition) is 3. The Morgan fingerprint density at radius 1 is 1.41 bits per heavy atom. The van der Waals surface area contributed by atoms with Gasteiger partial charge in [0.2, 0.25) is 5.91 Å². The van der Waals surface area contributed by atoms with Crippen molar-refractivity contribution < 1.29 is 4.79 Å². The lowest BCUT2D eigenvalue weighted by Gasteiger charge is -2.25. The lowest BCUT2D eigenvalue weighted by Crippen LogP contribution is -2.48. The molecule has 17 heavy (non-hydrogen) atoms. The zero-order valence-corrected chi connectivity index (χ0v) is 11.6. The second-order valence-electron chi connectivity index (χ2n) is 4.97. The number of rotatable bonds is 6. The van der Waals surface area contributed by atoms with Gasteiger partial charge in [0.05, 0.1) is 6.04 Å². The second-order valence-corrected chi connectivity index (χ2v) is 4.97. The van der Waals surface area contributed by atoms with Crippen molar-refractivity contribution in [3.63, 3.8) is 0 Å². The van der Waals surface area contributed by atoms with Crippen LogP contribution in [0.5, 0.6) is 0 Å². The highest BCUT2D eigenvalue weighted by Gasteiger charge is 2.29. The van der Waals surface area contributed by atoms with Crippen LogP contribution >= 0.6 is 0 Å². The highest BCUT2D eigenvalue weighted by molar-refractivity contribution is 5.81. The van der Waals surface area contributed by atoms with E-state index in [1.165, 1.54) is 0 Å². The number of amides is 1. The first-order chi connectivity index (χ1) is 8.12. The fourth-order valence-electron chi connectivity index (χ4n) is 2.36. The molecule has 1 rings (SSSR count). The molecule has 0 spiro atoms. The summed E-state index contributed by atoms with van der Waals surface area (Å²) >= 11 is 0. The van der Waals surface area contributed by atoms with E-state index in [4.69, 9.17) is 0 Å². The molecule has 0 saturated carbocycles. The van der Waals surface area contributed by atoms with Crippen molar-refractivity contribution in [1.29, 1.82) is 0 Å². The maximum absolute atomic E-state index is 12.1. The summed E-state index contributed by atoms with van der Waals surface area (Å²) in [7, 11) is 1.99. The Morgan fingerprint density at radius 2 is 2.06 bits per heavy atom. The Kier molecular flexibility index (Phi) is 5.92. The number of hydrogen-bond donors (Lipinski definition) is 2. The van der Waals surface area contributed by atoms with Crippen LogP contribution in [0.15, 0.2) is 0 Å². The molecular weight excluding hydrogens is 214 g/mol. The Bertz CT molecular complexity index is 241. The van der Waals surface area contributed by atoms with Crippen molar-refractivity contribution in [2.75, 3.05) is 20.1 Å². The number of nitrogens with zero attached hydrogens (tertiary/aromatic N) is 1. The van der Waals surface area contributed by atoms with Gasteiger partial charge >= 0.3 is 0 Å². The molecule has 1 aliphatic heterocycles. The zero-order valence-electron chi connectivity index (χ0n) is 11.6. The Hall–Kier alpha value is -0.610. The van der Waals surface area contributed by atoms with Gasteiger partial charge in [-0.2, -0.15) is 0 Å². The molecule has 4 nitrogen and oxygen atoms in total. The monoisotopic (exact) mass is 241 g/mol. The Morgan fingerprint density at radius 3 is 2.53 bits per heavy atom. The molecule has 1 heterocycles. The maximum atomic E-state index is 12.1. The molecule has 2 N–H and O–H groups in total. The second kappa shape index (κ2) is 6.97.